The van der Waals surface area contributed by atoms with E-state index in [1.54, 1.807) is 0 Å². The van der Waals surface area contributed by atoms with Crippen LogP contribution in [-0.4, -0.2) is 4.83 Å². The Labute approximate surface area is 109 Å². The molecule has 1 aliphatic rings. The van der Waals surface area contributed by atoms with E-state index in [1.165, 1.54) is 12.8 Å². The lowest BCUT2D eigenvalue weighted by Gasteiger charge is -2.19. The van der Waals surface area contributed by atoms with Crippen LogP contribution >= 0.6 is 39.1 Å². The van der Waals surface area contributed by atoms with Crippen LogP contribution in [0.25, 0.3) is 0 Å². The Balaban J connectivity index is 2.25. The van der Waals surface area contributed by atoms with Gasteiger partial charge in [0.25, 0.3) is 0 Å². The van der Waals surface area contributed by atoms with Crippen LogP contribution in [0.15, 0.2) is 18.2 Å². The summed E-state index contributed by atoms with van der Waals surface area (Å²) in [6, 6.07) is 5.72. The average molecular weight is 308 g/mol. The van der Waals surface area contributed by atoms with Gasteiger partial charge in [-0.1, -0.05) is 52.1 Å². The van der Waals surface area contributed by atoms with Crippen molar-refractivity contribution in [2.24, 2.45) is 5.41 Å². The Hall–Kier alpha value is 0.280. The fourth-order valence-electron chi connectivity index (χ4n) is 1.93. The van der Waals surface area contributed by atoms with Crippen molar-refractivity contribution in [2.45, 2.75) is 31.0 Å². The number of benzene rings is 1. The van der Waals surface area contributed by atoms with Crippen molar-refractivity contribution >= 4 is 39.1 Å². The lowest BCUT2D eigenvalue weighted by Crippen LogP contribution is -2.15. The number of hydrogen-bond donors (Lipinski definition) is 0. The van der Waals surface area contributed by atoms with E-state index >= 15 is 0 Å². The lowest BCUT2D eigenvalue weighted by atomic mass is 9.94. The second-order valence-electron chi connectivity index (χ2n) is 4.36. The molecule has 0 nitrogen and oxygen atoms in total. The first kappa shape index (κ1) is 11.8. The van der Waals surface area contributed by atoms with Gasteiger partial charge in [-0.15, -0.1) is 0 Å². The van der Waals surface area contributed by atoms with Crippen LogP contribution in [0.2, 0.25) is 10.0 Å². The van der Waals surface area contributed by atoms with Crippen molar-refractivity contribution in [1.82, 2.24) is 0 Å². The second-order valence-corrected chi connectivity index (χ2v) is 6.54. The maximum atomic E-state index is 6.17. The Morgan fingerprint density at radius 3 is 2.27 bits per heavy atom. The highest BCUT2D eigenvalue weighted by atomic mass is 79.9. The van der Waals surface area contributed by atoms with E-state index < -0.39 is 0 Å². The first-order chi connectivity index (χ1) is 7.05. The Bertz CT molecular complexity index is 350. The summed E-state index contributed by atoms with van der Waals surface area (Å²) in [5.41, 5.74) is 1.49. The topological polar surface area (TPSA) is 0 Å². The van der Waals surface area contributed by atoms with Crippen LogP contribution in [0.3, 0.4) is 0 Å². The molecule has 0 amide bonds. The molecule has 0 saturated heterocycles. The summed E-state index contributed by atoms with van der Waals surface area (Å²) in [6.45, 7) is 2.21. The molecule has 0 heterocycles. The molecule has 1 unspecified atom stereocenters. The van der Waals surface area contributed by atoms with Crippen molar-refractivity contribution in [2.75, 3.05) is 0 Å². The molecule has 1 aliphatic carbocycles. The number of alkyl halides is 1. The number of halogens is 3. The Morgan fingerprint density at radius 1 is 1.33 bits per heavy atom. The fourth-order valence-corrected chi connectivity index (χ4v) is 3.08. The molecule has 0 radical (unpaired) electrons. The molecule has 0 spiro atoms. The van der Waals surface area contributed by atoms with E-state index in [0.29, 0.717) is 10.2 Å². The first-order valence-corrected chi connectivity index (χ1v) is 6.79. The van der Waals surface area contributed by atoms with Crippen LogP contribution in [0, 0.1) is 5.41 Å². The lowest BCUT2D eigenvalue weighted by molar-refractivity contribution is 0.509. The molecule has 3 heteroatoms. The van der Waals surface area contributed by atoms with Crippen LogP contribution in [0.4, 0.5) is 0 Å². The Kier molecular flexibility index (Phi) is 3.35. The van der Waals surface area contributed by atoms with Crippen molar-refractivity contribution in [3.05, 3.63) is 33.8 Å². The molecule has 0 aromatic heterocycles. The van der Waals surface area contributed by atoms with E-state index in [0.717, 1.165) is 22.0 Å². The van der Waals surface area contributed by atoms with E-state index in [-0.39, 0.29) is 0 Å². The van der Waals surface area contributed by atoms with E-state index in [4.69, 9.17) is 23.2 Å². The minimum Gasteiger partial charge on any atom is -0.0888 e. The van der Waals surface area contributed by atoms with Gasteiger partial charge in [0.2, 0.25) is 0 Å². The summed E-state index contributed by atoms with van der Waals surface area (Å²) in [7, 11) is 0. The zero-order valence-electron chi connectivity index (χ0n) is 8.56. The summed E-state index contributed by atoms with van der Waals surface area (Å²) in [5.74, 6) is 0. The van der Waals surface area contributed by atoms with Crippen LogP contribution < -0.4 is 0 Å². The van der Waals surface area contributed by atoms with Gasteiger partial charge in [0.05, 0.1) is 0 Å². The van der Waals surface area contributed by atoms with Crippen LogP contribution in [0.1, 0.15) is 25.3 Å². The molecule has 1 aromatic rings. The quantitative estimate of drug-likeness (QED) is 0.682. The minimum absolute atomic E-state index is 0.384. The summed E-state index contributed by atoms with van der Waals surface area (Å²) in [4.78, 5) is 0.525. The zero-order chi connectivity index (χ0) is 11.1. The predicted molar refractivity (Wildman–Crippen MR) is 70.2 cm³/mol. The largest absolute Gasteiger partial charge is 0.0888 e. The van der Waals surface area contributed by atoms with Gasteiger partial charge in [0.1, 0.15) is 0 Å². The fraction of sp³-hybridized carbons (Fsp3) is 0.500. The molecule has 0 aliphatic heterocycles. The predicted octanol–water partition coefficient (Wildman–Crippen LogP) is 5.10. The van der Waals surface area contributed by atoms with E-state index in [9.17, 15) is 0 Å². The van der Waals surface area contributed by atoms with Gasteiger partial charge < -0.3 is 0 Å². The molecule has 1 fully saturated rings. The van der Waals surface area contributed by atoms with E-state index in [2.05, 4.69) is 22.9 Å². The van der Waals surface area contributed by atoms with E-state index in [1.807, 2.05) is 18.2 Å². The summed E-state index contributed by atoms with van der Waals surface area (Å²) in [6.07, 6.45) is 3.51. The highest BCUT2D eigenvalue weighted by molar-refractivity contribution is 9.09. The van der Waals surface area contributed by atoms with Crippen LogP contribution in [0.5, 0.6) is 0 Å². The molecule has 82 valence electrons. The maximum Gasteiger partial charge on any atom is 0.0453 e. The second kappa shape index (κ2) is 4.27. The van der Waals surface area contributed by atoms with Gasteiger partial charge in [-0.3, -0.25) is 0 Å². The van der Waals surface area contributed by atoms with Gasteiger partial charge >= 0.3 is 0 Å². The normalized spacial score (nSPS) is 20.0. The third-order valence-corrected chi connectivity index (χ3v) is 5.01. The first-order valence-electron chi connectivity index (χ1n) is 5.12. The van der Waals surface area contributed by atoms with Gasteiger partial charge in [-0.2, -0.15) is 0 Å². The number of rotatable bonds is 3. The molecular weight excluding hydrogens is 295 g/mol. The molecule has 1 saturated carbocycles. The maximum absolute atomic E-state index is 6.17. The monoisotopic (exact) mass is 306 g/mol. The minimum atomic E-state index is 0.384. The average Bonchev–Trinajstić information content (AvgIpc) is 2.93. The van der Waals surface area contributed by atoms with Crippen molar-refractivity contribution in [3.63, 3.8) is 0 Å². The highest BCUT2D eigenvalue weighted by Gasteiger charge is 2.46. The summed E-state index contributed by atoms with van der Waals surface area (Å²) < 4.78 is 0. The molecule has 0 bridgehead atoms. The SMILES string of the molecule is CC(Br)C1(Cc2c(Cl)cccc2Cl)CC1. The third-order valence-electron chi connectivity index (χ3n) is 3.33. The number of hydrogen-bond acceptors (Lipinski definition) is 0. The van der Waals surface area contributed by atoms with Crippen molar-refractivity contribution < 1.29 is 0 Å². The summed E-state index contributed by atoms with van der Waals surface area (Å²) in [5, 5.41) is 1.59. The molecular formula is C12H13BrCl2. The molecule has 1 atom stereocenters. The zero-order valence-corrected chi connectivity index (χ0v) is 11.7. The van der Waals surface area contributed by atoms with Gasteiger partial charge in [-0.25, -0.2) is 0 Å². The highest BCUT2D eigenvalue weighted by Crippen LogP contribution is 2.54. The third kappa shape index (κ3) is 2.35. The van der Waals surface area contributed by atoms with Crippen LogP contribution in [-0.2, 0) is 6.42 Å². The molecule has 15 heavy (non-hydrogen) atoms. The molecule has 1 aromatic carbocycles. The molecule has 2 rings (SSSR count). The van der Waals surface area contributed by atoms with Crippen molar-refractivity contribution in [1.29, 1.82) is 0 Å². The van der Waals surface area contributed by atoms with Gasteiger partial charge in [0.15, 0.2) is 0 Å². The smallest absolute Gasteiger partial charge is 0.0453 e. The standard InChI is InChI=1S/C12H13BrCl2/c1-8(13)12(5-6-12)7-9-10(14)3-2-4-11(9)15/h2-4,8H,5-7H2,1H3. The van der Waals surface area contributed by atoms with Gasteiger partial charge in [-0.05, 0) is 42.4 Å². The summed E-state index contributed by atoms with van der Waals surface area (Å²) >= 11 is 16.0. The van der Waals surface area contributed by atoms with Crippen molar-refractivity contribution in [3.8, 4) is 0 Å². The van der Waals surface area contributed by atoms with Gasteiger partial charge in [0, 0.05) is 14.9 Å². The molecule has 0 N–H and O–H groups in total. The Morgan fingerprint density at radius 2 is 1.87 bits per heavy atom.